The second-order valence-electron chi connectivity index (χ2n) is 2.73. The zero-order valence-corrected chi connectivity index (χ0v) is 9.38. The Hall–Kier alpha value is -1.06. The number of hydrogen-bond acceptors (Lipinski definition) is 3. The van der Waals surface area contributed by atoms with Crippen LogP contribution in [0.2, 0.25) is 0 Å². The van der Waals surface area contributed by atoms with Gasteiger partial charge in [0.1, 0.15) is 0 Å². The maximum Gasteiger partial charge on any atom is 0.337 e. The summed E-state index contributed by atoms with van der Waals surface area (Å²) in [7, 11) is 1.29. The molecule has 0 atom stereocenters. The van der Waals surface area contributed by atoms with Crippen LogP contribution in [0.1, 0.15) is 20.7 Å². The molecular formula is C10H8Cl2O3. The van der Waals surface area contributed by atoms with E-state index in [-0.39, 0.29) is 0 Å². The minimum atomic E-state index is -1.09. The minimum Gasteiger partial charge on any atom is -0.465 e. The van der Waals surface area contributed by atoms with Gasteiger partial charge < -0.3 is 4.74 Å². The molecule has 80 valence electrons. The van der Waals surface area contributed by atoms with Crippen LogP contribution in [0.3, 0.4) is 0 Å². The SMILES string of the molecule is COC(=O)c1ccc(C(=O)C(Cl)Cl)cc1. The van der Waals surface area contributed by atoms with E-state index in [4.69, 9.17) is 23.2 Å². The fraction of sp³-hybridized carbons (Fsp3) is 0.200. The zero-order valence-electron chi connectivity index (χ0n) is 7.87. The van der Waals surface area contributed by atoms with Crippen molar-refractivity contribution in [2.24, 2.45) is 0 Å². The largest absolute Gasteiger partial charge is 0.465 e. The normalized spacial score (nSPS) is 10.1. The minimum absolute atomic E-state index is 0.359. The second kappa shape index (κ2) is 5.14. The quantitative estimate of drug-likeness (QED) is 0.468. The summed E-state index contributed by atoms with van der Waals surface area (Å²) < 4.78 is 4.51. The van der Waals surface area contributed by atoms with E-state index in [1.165, 1.54) is 31.4 Å². The Morgan fingerprint density at radius 1 is 1.13 bits per heavy atom. The number of benzene rings is 1. The van der Waals surface area contributed by atoms with Crippen LogP contribution in [-0.4, -0.2) is 23.7 Å². The fourth-order valence-corrected chi connectivity index (χ4v) is 1.27. The van der Waals surface area contributed by atoms with Gasteiger partial charge in [0.05, 0.1) is 12.7 Å². The van der Waals surface area contributed by atoms with Crippen LogP contribution in [0.15, 0.2) is 24.3 Å². The molecule has 0 aliphatic rings. The van der Waals surface area contributed by atoms with Crippen molar-refractivity contribution in [1.82, 2.24) is 0 Å². The maximum atomic E-state index is 11.3. The van der Waals surface area contributed by atoms with E-state index in [0.717, 1.165) is 0 Å². The van der Waals surface area contributed by atoms with Crippen LogP contribution >= 0.6 is 23.2 Å². The van der Waals surface area contributed by atoms with Gasteiger partial charge in [-0.05, 0) is 12.1 Å². The van der Waals surface area contributed by atoms with Gasteiger partial charge in [-0.15, -0.1) is 0 Å². The summed E-state index contributed by atoms with van der Waals surface area (Å²) in [6, 6.07) is 5.92. The standard InChI is InChI=1S/C10H8Cl2O3/c1-15-10(14)7-4-2-6(3-5-7)8(13)9(11)12/h2-5,9H,1H3. The Kier molecular flexibility index (Phi) is 4.12. The number of ether oxygens (including phenoxy) is 1. The van der Waals surface area contributed by atoms with Crippen LogP contribution in [0.4, 0.5) is 0 Å². The van der Waals surface area contributed by atoms with Gasteiger partial charge in [0.15, 0.2) is 10.6 Å². The van der Waals surface area contributed by atoms with E-state index in [0.29, 0.717) is 11.1 Å². The summed E-state index contributed by atoms with van der Waals surface area (Å²) in [4.78, 5) is 21.3. The third kappa shape index (κ3) is 2.94. The number of esters is 1. The first-order chi connectivity index (χ1) is 7.06. The lowest BCUT2D eigenvalue weighted by atomic mass is 10.1. The Bertz CT molecular complexity index is 371. The van der Waals surface area contributed by atoms with E-state index in [2.05, 4.69) is 4.74 Å². The molecule has 1 rings (SSSR count). The molecule has 0 unspecified atom stereocenters. The summed E-state index contributed by atoms with van der Waals surface area (Å²) in [5.41, 5.74) is 0.729. The van der Waals surface area contributed by atoms with Crippen LogP contribution in [0, 0.1) is 0 Å². The Morgan fingerprint density at radius 3 is 2.00 bits per heavy atom. The maximum absolute atomic E-state index is 11.3. The molecule has 0 saturated carbocycles. The summed E-state index contributed by atoms with van der Waals surface area (Å²) >= 11 is 10.8. The molecular weight excluding hydrogens is 239 g/mol. The first-order valence-corrected chi connectivity index (χ1v) is 4.94. The van der Waals surface area contributed by atoms with Crippen molar-refractivity contribution in [3.63, 3.8) is 0 Å². The molecule has 0 heterocycles. The smallest absolute Gasteiger partial charge is 0.337 e. The molecule has 15 heavy (non-hydrogen) atoms. The summed E-state index contributed by atoms with van der Waals surface area (Å²) in [5, 5.41) is 0. The number of hydrogen-bond donors (Lipinski definition) is 0. The summed E-state index contributed by atoms with van der Waals surface area (Å²) in [5.74, 6) is -0.850. The predicted molar refractivity (Wildman–Crippen MR) is 57.6 cm³/mol. The molecule has 0 fully saturated rings. The highest BCUT2D eigenvalue weighted by atomic mass is 35.5. The molecule has 0 aromatic heterocycles. The van der Waals surface area contributed by atoms with Gasteiger partial charge in [0.25, 0.3) is 0 Å². The number of alkyl halides is 2. The van der Waals surface area contributed by atoms with Crippen LogP contribution in [-0.2, 0) is 4.74 Å². The molecule has 0 radical (unpaired) electrons. The Morgan fingerprint density at radius 2 is 1.60 bits per heavy atom. The highest BCUT2D eigenvalue weighted by Gasteiger charge is 2.14. The van der Waals surface area contributed by atoms with Crippen molar-refractivity contribution in [3.05, 3.63) is 35.4 Å². The van der Waals surface area contributed by atoms with Crippen LogP contribution < -0.4 is 0 Å². The lowest BCUT2D eigenvalue weighted by molar-refractivity contribution is 0.0600. The highest BCUT2D eigenvalue weighted by molar-refractivity contribution is 6.55. The molecule has 0 bridgehead atoms. The van der Waals surface area contributed by atoms with Crippen molar-refractivity contribution in [1.29, 1.82) is 0 Å². The van der Waals surface area contributed by atoms with E-state index in [1.54, 1.807) is 0 Å². The molecule has 0 N–H and O–H groups in total. The monoisotopic (exact) mass is 246 g/mol. The Labute approximate surface area is 96.9 Å². The second-order valence-corrected chi connectivity index (χ2v) is 3.83. The average molecular weight is 247 g/mol. The van der Waals surface area contributed by atoms with Gasteiger partial charge in [-0.3, -0.25) is 4.79 Å². The number of ketones is 1. The average Bonchev–Trinajstić information content (AvgIpc) is 2.27. The van der Waals surface area contributed by atoms with Gasteiger partial charge >= 0.3 is 5.97 Å². The lowest BCUT2D eigenvalue weighted by Gasteiger charge is -2.02. The zero-order chi connectivity index (χ0) is 11.4. The molecule has 3 nitrogen and oxygen atoms in total. The van der Waals surface area contributed by atoms with Crippen molar-refractivity contribution in [3.8, 4) is 0 Å². The third-order valence-electron chi connectivity index (χ3n) is 1.79. The first-order valence-electron chi connectivity index (χ1n) is 4.07. The number of carbonyl (C=O) groups is 2. The van der Waals surface area contributed by atoms with E-state index >= 15 is 0 Å². The van der Waals surface area contributed by atoms with Crippen molar-refractivity contribution < 1.29 is 14.3 Å². The van der Waals surface area contributed by atoms with Gasteiger partial charge in [-0.2, -0.15) is 0 Å². The third-order valence-corrected chi connectivity index (χ3v) is 2.19. The lowest BCUT2D eigenvalue weighted by Crippen LogP contribution is -2.08. The van der Waals surface area contributed by atoms with E-state index < -0.39 is 16.6 Å². The van der Waals surface area contributed by atoms with E-state index in [1.807, 2.05) is 0 Å². The van der Waals surface area contributed by atoms with Crippen LogP contribution in [0.25, 0.3) is 0 Å². The van der Waals surface area contributed by atoms with Gasteiger partial charge in [0.2, 0.25) is 0 Å². The van der Waals surface area contributed by atoms with Crippen molar-refractivity contribution in [2.45, 2.75) is 4.84 Å². The summed E-state index contributed by atoms with van der Waals surface area (Å²) in [6.45, 7) is 0. The van der Waals surface area contributed by atoms with Crippen molar-refractivity contribution >= 4 is 35.0 Å². The molecule has 0 amide bonds. The number of carbonyl (C=O) groups excluding carboxylic acids is 2. The molecule has 5 heteroatoms. The van der Waals surface area contributed by atoms with Gasteiger partial charge in [-0.1, -0.05) is 35.3 Å². The Balaban J connectivity index is 2.90. The topological polar surface area (TPSA) is 43.4 Å². The first kappa shape index (κ1) is 12.0. The van der Waals surface area contributed by atoms with Crippen molar-refractivity contribution in [2.75, 3.05) is 7.11 Å². The fourth-order valence-electron chi connectivity index (χ4n) is 1.01. The molecule has 1 aromatic carbocycles. The number of rotatable bonds is 3. The number of methoxy groups -OCH3 is 1. The summed E-state index contributed by atoms with van der Waals surface area (Å²) in [6.07, 6.45) is 0. The predicted octanol–water partition coefficient (Wildman–Crippen LogP) is 2.46. The highest BCUT2D eigenvalue weighted by Crippen LogP contribution is 2.13. The van der Waals surface area contributed by atoms with Gasteiger partial charge in [0, 0.05) is 5.56 Å². The van der Waals surface area contributed by atoms with Crippen LogP contribution in [0.5, 0.6) is 0 Å². The molecule has 0 saturated heterocycles. The molecule has 0 aliphatic heterocycles. The molecule has 0 aliphatic carbocycles. The molecule has 0 spiro atoms. The molecule has 1 aromatic rings. The number of halogens is 2. The van der Waals surface area contributed by atoms with Gasteiger partial charge in [-0.25, -0.2) is 4.79 Å². The van der Waals surface area contributed by atoms with E-state index in [9.17, 15) is 9.59 Å². The number of Topliss-reactive ketones (excluding diaryl/α,β-unsaturated/α-hetero) is 1.